The third-order valence-corrected chi connectivity index (χ3v) is 4.89. The minimum atomic E-state index is -0.429. The van der Waals surface area contributed by atoms with Crippen molar-refractivity contribution in [2.45, 2.75) is 62.8 Å². The zero-order valence-electron chi connectivity index (χ0n) is 10.5. The number of fused-ring (bicyclic) bond motifs is 2. The van der Waals surface area contributed by atoms with E-state index in [1.165, 1.54) is 19.3 Å². The molecule has 3 fully saturated rings. The van der Waals surface area contributed by atoms with Gasteiger partial charge in [0.2, 0.25) is 5.91 Å². The van der Waals surface area contributed by atoms with E-state index in [1.807, 2.05) is 4.90 Å². The van der Waals surface area contributed by atoms with Crippen LogP contribution in [0.5, 0.6) is 0 Å². The molecule has 0 aromatic rings. The van der Waals surface area contributed by atoms with Crippen LogP contribution in [0.2, 0.25) is 0 Å². The molecule has 1 N–H and O–H groups in total. The topological polar surface area (TPSA) is 43.8 Å². The lowest BCUT2D eigenvalue weighted by Gasteiger charge is -2.49. The van der Waals surface area contributed by atoms with Gasteiger partial charge in [-0.2, -0.15) is 0 Å². The lowest BCUT2D eigenvalue weighted by Crippen LogP contribution is -2.55. The van der Waals surface area contributed by atoms with Gasteiger partial charge in [0.1, 0.15) is 0 Å². The van der Waals surface area contributed by atoms with Crippen LogP contribution in [0.25, 0.3) is 0 Å². The molecule has 3 aliphatic heterocycles. The molecule has 3 aliphatic rings. The number of likely N-dealkylation sites (tertiary alicyclic amines) is 1. The van der Waals surface area contributed by atoms with E-state index in [1.54, 1.807) is 0 Å². The number of carbonyl (C=O) groups excluding carboxylic acids is 1. The van der Waals surface area contributed by atoms with Crippen LogP contribution in [0.4, 0.5) is 0 Å². The normalized spacial score (nSPS) is 43.2. The molecule has 2 bridgehead atoms. The van der Waals surface area contributed by atoms with E-state index in [2.05, 4.69) is 11.9 Å². The SMILES string of the molecule is CN1C2CCCC1CC(N1CC(O)CC1=O)C2. The summed E-state index contributed by atoms with van der Waals surface area (Å²) in [7, 11) is 2.23. The Kier molecular flexibility index (Phi) is 2.87. The highest BCUT2D eigenvalue weighted by molar-refractivity contribution is 5.79. The fourth-order valence-corrected chi connectivity index (χ4v) is 3.91. The highest BCUT2D eigenvalue weighted by Gasteiger charge is 2.41. The number of aliphatic hydroxyl groups excluding tert-OH is 1. The van der Waals surface area contributed by atoms with Crippen molar-refractivity contribution in [3.05, 3.63) is 0 Å². The quantitative estimate of drug-likeness (QED) is 0.727. The minimum absolute atomic E-state index is 0.158. The van der Waals surface area contributed by atoms with E-state index in [4.69, 9.17) is 0 Å². The third kappa shape index (κ3) is 1.97. The van der Waals surface area contributed by atoms with Crippen molar-refractivity contribution < 1.29 is 9.90 Å². The summed E-state index contributed by atoms with van der Waals surface area (Å²) < 4.78 is 0. The van der Waals surface area contributed by atoms with Gasteiger partial charge in [0.15, 0.2) is 0 Å². The number of hydrogen-bond acceptors (Lipinski definition) is 3. The van der Waals surface area contributed by atoms with Gasteiger partial charge < -0.3 is 14.9 Å². The number of amides is 1. The molecule has 4 heteroatoms. The fraction of sp³-hybridized carbons (Fsp3) is 0.923. The van der Waals surface area contributed by atoms with Crippen molar-refractivity contribution >= 4 is 5.91 Å². The summed E-state index contributed by atoms with van der Waals surface area (Å²) in [5.74, 6) is 0.158. The van der Waals surface area contributed by atoms with Crippen molar-refractivity contribution in [2.75, 3.05) is 13.6 Å². The Labute approximate surface area is 103 Å². The van der Waals surface area contributed by atoms with Crippen molar-refractivity contribution in [3.8, 4) is 0 Å². The first kappa shape index (κ1) is 11.5. The summed E-state index contributed by atoms with van der Waals surface area (Å²) in [5.41, 5.74) is 0. The van der Waals surface area contributed by atoms with E-state index in [-0.39, 0.29) is 5.91 Å². The van der Waals surface area contributed by atoms with Gasteiger partial charge in [-0.25, -0.2) is 0 Å². The first-order valence-electron chi connectivity index (χ1n) is 6.84. The highest BCUT2D eigenvalue weighted by Crippen LogP contribution is 2.35. The van der Waals surface area contributed by atoms with Gasteiger partial charge in [0, 0.05) is 24.7 Å². The summed E-state index contributed by atoms with van der Waals surface area (Å²) in [5, 5.41) is 9.58. The lowest BCUT2D eigenvalue weighted by atomic mass is 9.82. The number of nitrogens with zero attached hydrogens (tertiary/aromatic N) is 2. The number of rotatable bonds is 1. The van der Waals surface area contributed by atoms with Gasteiger partial charge in [0.05, 0.1) is 12.5 Å². The molecule has 0 aliphatic carbocycles. The third-order valence-electron chi connectivity index (χ3n) is 4.89. The molecule has 4 nitrogen and oxygen atoms in total. The van der Waals surface area contributed by atoms with Crippen LogP contribution < -0.4 is 0 Å². The summed E-state index contributed by atoms with van der Waals surface area (Å²) in [6.07, 6.45) is 5.99. The maximum atomic E-state index is 11.8. The predicted octanol–water partition coefficient (Wildman–Crippen LogP) is 0.595. The Morgan fingerprint density at radius 2 is 1.82 bits per heavy atom. The Hall–Kier alpha value is -0.610. The number of hydrogen-bond donors (Lipinski definition) is 1. The van der Waals surface area contributed by atoms with Gasteiger partial charge in [-0.15, -0.1) is 0 Å². The molecule has 0 aromatic carbocycles. The van der Waals surface area contributed by atoms with Crippen molar-refractivity contribution in [1.29, 1.82) is 0 Å². The molecule has 0 spiro atoms. The minimum Gasteiger partial charge on any atom is -0.391 e. The molecule has 0 saturated carbocycles. The van der Waals surface area contributed by atoms with Crippen molar-refractivity contribution in [1.82, 2.24) is 9.80 Å². The Morgan fingerprint density at radius 1 is 1.18 bits per heavy atom. The second-order valence-electron chi connectivity index (χ2n) is 5.93. The maximum absolute atomic E-state index is 11.8. The van der Waals surface area contributed by atoms with E-state index in [9.17, 15) is 9.90 Å². The first-order valence-corrected chi connectivity index (χ1v) is 6.84. The largest absolute Gasteiger partial charge is 0.391 e. The average molecular weight is 238 g/mol. The second kappa shape index (κ2) is 4.25. The molecular formula is C13H22N2O2. The fourth-order valence-electron chi connectivity index (χ4n) is 3.91. The number of β-amino-alcohol motifs (C(OH)–C–C–N with tert-alkyl or cyclic N) is 1. The molecule has 3 atom stereocenters. The molecule has 96 valence electrons. The molecule has 3 rings (SSSR count). The van der Waals surface area contributed by atoms with Crippen LogP contribution in [-0.2, 0) is 4.79 Å². The number of aliphatic hydroxyl groups is 1. The van der Waals surface area contributed by atoms with Crippen LogP contribution in [0.15, 0.2) is 0 Å². The first-order chi connectivity index (χ1) is 8.15. The van der Waals surface area contributed by atoms with Crippen molar-refractivity contribution in [3.63, 3.8) is 0 Å². The number of carbonyl (C=O) groups is 1. The van der Waals surface area contributed by atoms with Crippen LogP contribution in [0.1, 0.15) is 38.5 Å². The smallest absolute Gasteiger partial charge is 0.225 e. The molecule has 1 amide bonds. The Morgan fingerprint density at radius 3 is 2.35 bits per heavy atom. The van der Waals surface area contributed by atoms with E-state index >= 15 is 0 Å². The van der Waals surface area contributed by atoms with Gasteiger partial charge >= 0.3 is 0 Å². The van der Waals surface area contributed by atoms with Gasteiger partial charge in [-0.3, -0.25) is 4.79 Å². The Bertz CT molecular complexity index is 307. The predicted molar refractivity (Wildman–Crippen MR) is 64.5 cm³/mol. The van der Waals surface area contributed by atoms with Crippen LogP contribution in [0, 0.1) is 0 Å². The lowest BCUT2D eigenvalue weighted by molar-refractivity contribution is -0.131. The van der Waals surface area contributed by atoms with Crippen LogP contribution in [-0.4, -0.2) is 58.6 Å². The molecule has 0 radical (unpaired) electrons. The second-order valence-corrected chi connectivity index (χ2v) is 5.93. The van der Waals surface area contributed by atoms with Gasteiger partial charge in [-0.05, 0) is 32.7 Å². The Balaban J connectivity index is 1.71. The summed E-state index contributed by atoms with van der Waals surface area (Å²) in [4.78, 5) is 16.3. The molecule has 3 saturated heterocycles. The van der Waals surface area contributed by atoms with Crippen LogP contribution >= 0.6 is 0 Å². The molecule has 3 unspecified atom stereocenters. The van der Waals surface area contributed by atoms with Crippen LogP contribution in [0.3, 0.4) is 0 Å². The zero-order chi connectivity index (χ0) is 12.0. The van der Waals surface area contributed by atoms with Gasteiger partial charge in [-0.1, -0.05) is 6.42 Å². The van der Waals surface area contributed by atoms with E-state index in [0.29, 0.717) is 31.1 Å². The summed E-state index contributed by atoms with van der Waals surface area (Å²) in [6.45, 7) is 0.562. The molecule has 3 heterocycles. The maximum Gasteiger partial charge on any atom is 0.225 e. The van der Waals surface area contributed by atoms with E-state index in [0.717, 1.165) is 12.8 Å². The van der Waals surface area contributed by atoms with E-state index < -0.39 is 6.10 Å². The summed E-state index contributed by atoms with van der Waals surface area (Å²) in [6, 6.07) is 1.68. The average Bonchev–Trinajstić information content (AvgIpc) is 2.57. The highest BCUT2D eigenvalue weighted by atomic mass is 16.3. The number of piperidine rings is 2. The van der Waals surface area contributed by atoms with Crippen molar-refractivity contribution in [2.24, 2.45) is 0 Å². The standard InChI is InChI=1S/C13H22N2O2/c1-14-9-3-2-4-10(14)6-11(5-9)15-8-12(16)7-13(15)17/h9-12,16H,2-8H2,1H3. The zero-order valence-corrected chi connectivity index (χ0v) is 10.5. The molecule has 0 aromatic heterocycles. The summed E-state index contributed by atoms with van der Waals surface area (Å²) >= 11 is 0. The molecular weight excluding hydrogens is 216 g/mol. The van der Waals surface area contributed by atoms with Gasteiger partial charge in [0.25, 0.3) is 0 Å². The molecule has 17 heavy (non-hydrogen) atoms. The monoisotopic (exact) mass is 238 g/mol.